The molecular weight excluding hydrogens is 375 g/mol. The van der Waals surface area contributed by atoms with Crippen molar-refractivity contribution in [2.45, 2.75) is 69.3 Å². The zero-order valence-corrected chi connectivity index (χ0v) is 15.5. The van der Waals surface area contributed by atoms with Crippen molar-refractivity contribution in [3.63, 3.8) is 0 Å². The Bertz CT molecular complexity index is 743. The number of carboxylic acid groups (broad SMARTS) is 1. The molecule has 2 unspecified atom stereocenters. The van der Waals surface area contributed by atoms with Gasteiger partial charge in [0.05, 0.1) is 11.8 Å². The van der Waals surface area contributed by atoms with E-state index in [1.807, 2.05) is 0 Å². The fourth-order valence-corrected chi connectivity index (χ4v) is 5.54. The summed E-state index contributed by atoms with van der Waals surface area (Å²) >= 11 is 0. The van der Waals surface area contributed by atoms with Gasteiger partial charge in [-0.2, -0.15) is 18.3 Å². The fourth-order valence-electron chi connectivity index (χ4n) is 5.54. The summed E-state index contributed by atoms with van der Waals surface area (Å²) in [6.07, 6.45) is 3.45. The summed E-state index contributed by atoms with van der Waals surface area (Å²) in [4.78, 5) is 10.6. The molecule has 2 atom stereocenters. The average Bonchev–Trinajstić information content (AvgIpc) is 3.26. The van der Waals surface area contributed by atoms with Gasteiger partial charge in [-0.15, -0.1) is 0 Å². The number of hydrogen-bond acceptors (Lipinski definition) is 4. The lowest BCUT2D eigenvalue weighted by atomic mass is 9.52. The SMILES string of the molecule is NC1C2CC3CC1CC(O)(C3)C2.O=C(O)c1cnn(CC2CC2)c1C(F)(F)F. The van der Waals surface area contributed by atoms with Crippen molar-refractivity contribution in [3.8, 4) is 0 Å². The number of aliphatic hydroxyl groups is 1. The van der Waals surface area contributed by atoms with Crippen LogP contribution in [0.4, 0.5) is 13.2 Å². The van der Waals surface area contributed by atoms with Crippen LogP contribution in [-0.4, -0.2) is 37.6 Å². The highest BCUT2D eigenvalue weighted by Crippen LogP contribution is 2.54. The molecule has 28 heavy (non-hydrogen) atoms. The Morgan fingerprint density at radius 2 is 1.86 bits per heavy atom. The van der Waals surface area contributed by atoms with E-state index in [0.29, 0.717) is 17.9 Å². The summed E-state index contributed by atoms with van der Waals surface area (Å²) in [6, 6.07) is 0.404. The second kappa shape index (κ2) is 6.73. The molecule has 0 amide bonds. The number of alkyl halides is 3. The Labute approximate surface area is 160 Å². The van der Waals surface area contributed by atoms with Gasteiger partial charge in [-0.1, -0.05) is 0 Å². The third-order valence-corrected chi connectivity index (χ3v) is 6.78. The molecule has 0 spiro atoms. The fraction of sp³-hybridized carbons (Fsp3) is 0.789. The quantitative estimate of drug-likeness (QED) is 0.723. The van der Waals surface area contributed by atoms with Crippen LogP contribution < -0.4 is 5.73 Å². The molecular formula is C19H26F3N3O3. The summed E-state index contributed by atoms with van der Waals surface area (Å²) in [6.45, 7) is 0.141. The number of halogens is 3. The van der Waals surface area contributed by atoms with E-state index < -0.39 is 23.4 Å². The Hall–Kier alpha value is -1.61. The van der Waals surface area contributed by atoms with E-state index in [0.717, 1.165) is 48.9 Å². The maximum Gasteiger partial charge on any atom is 0.433 e. The van der Waals surface area contributed by atoms with Crippen LogP contribution in [0, 0.1) is 23.7 Å². The highest BCUT2D eigenvalue weighted by atomic mass is 19.4. The molecule has 1 heterocycles. The first-order valence-electron chi connectivity index (χ1n) is 9.90. The lowest BCUT2D eigenvalue weighted by molar-refractivity contribution is -0.144. The van der Waals surface area contributed by atoms with Gasteiger partial charge < -0.3 is 15.9 Å². The number of hydrogen-bond donors (Lipinski definition) is 3. The first-order valence-corrected chi connectivity index (χ1v) is 9.90. The van der Waals surface area contributed by atoms with E-state index in [4.69, 9.17) is 10.8 Å². The number of carboxylic acids is 1. The smallest absolute Gasteiger partial charge is 0.433 e. The van der Waals surface area contributed by atoms with E-state index in [-0.39, 0.29) is 18.1 Å². The average molecular weight is 401 g/mol. The van der Waals surface area contributed by atoms with Gasteiger partial charge in [-0.25, -0.2) is 4.79 Å². The zero-order chi connectivity index (χ0) is 20.3. The monoisotopic (exact) mass is 401 g/mol. The van der Waals surface area contributed by atoms with Gasteiger partial charge >= 0.3 is 12.1 Å². The van der Waals surface area contributed by atoms with E-state index >= 15 is 0 Å². The Morgan fingerprint density at radius 1 is 1.25 bits per heavy atom. The molecule has 1 aromatic heterocycles. The van der Waals surface area contributed by atoms with E-state index in [1.54, 1.807) is 0 Å². The third-order valence-electron chi connectivity index (χ3n) is 6.78. The summed E-state index contributed by atoms with van der Waals surface area (Å²) in [5, 5.41) is 22.3. The van der Waals surface area contributed by atoms with Crippen molar-refractivity contribution < 1.29 is 28.2 Å². The molecule has 0 aliphatic heterocycles. The second-order valence-corrected chi connectivity index (χ2v) is 9.11. The van der Waals surface area contributed by atoms with Crippen LogP contribution in [0.5, 0.6) is 0 Å². The Morgan fingerprint density at radius 3 is 2.32 bits per heavy atom. The Kier molecular flexibility index (Phi) is 4.73. The topological polar surface area (TPSA) is 101 Å². The lowest BCUT2D eigenvalue weighted by Crippen LogP contribution is -2.59. The second-order valence-electron chi connectivity index (χ2n) is 9.11. The van der Waals surface area contributed by atoms with Crippen molar-refractivity contribution in [3.05, 3.63) is 17.5 Å². The van der Waals surface area contributed by atoms with Gasteiger partial charge in [0.25, 0.3) is 0 Å². The van der Waals surface area contributed by atoms with E-state index in [9.17, 15) is 23.1 Å². The molecule has 9 heteroatoms. The molecule has 5 aliphatic carbocycles. The first-order chi connectivity index (χ1) is 13.1. The van der Waals surface area contributed by atoms with Crippen LogP contribution >= 0.6 is 0 Å². The van der Waals surface area contributed by atoms with Gasteiger partial charge in [0.1, 0.15) is 5.56 Å². The van der Waals surface area contributed by atoms with Crippen LogP contribution in [0.15, 0.2) is 6.20 Å². The predicted molar refractivity (Wildman–Crippen MR) is 93.4 cm³/mol. The highest BCUT2D eigenvalue weighted by Gasteiger charge is 2.53. The standard InChI is InChI=1S/C10H17NO.C9H9F3N2O2/c11-9-7-1-6-2-8(9)5-10(12,3-6)4-7;10-9(11,12)7-6(8(15)16)3-13-14(7)4-5-1-2-5/h6-9,12H,1-5,11H2;3,5H,1-2,4H2,(H,15,16). The number of aromatic nitrogens is 2. The van der Waals surface area contributed by atoms with Crippen molar-refractivity contribution in [2.75, 3.05) is 0 Å². The van der Waals surface area contributed by atoms with Gasteiger partial charge in [0.15, 0.2) is 5.69 Å². The normalized spacial score (nSPS) is 36.2. The number of nitrogens with zero attached hydrogens (tertiary/aromatic N) is 2. The zero-order valence-electron chi connectivity index (χ0n) is 15.5. The van der Waals surface area contributed by atoms with Crippen molar-refractivity contribution in [1.82, 2.24) is 9.78 Å². The lowest BCUT2D eigenvalue weighted by Gasteiger charge is -2.57. The van der Waals surface area contributed by atoms with Crippen LogP contribution in [-0.2, 0) is 12.7 Å². The largest absolute Gasteiger partial charge is 0.478 e. The molecule has 0 saturated heterocycles. The Balaban J connectivity index is 0.000000142. The molecule has 5 aliphatic rings. The molecule has 0 radical (unpaired) electrons. The summed E-state index contributed by atoms with van der Waals surface area (Å²) < 4.78 is 38.7. The van der Waals surface area contributed by atoms with Gasteiger partial charge in [0.2, 0.25) is 0 Å². The van der Waals surface area contributed by atoms with E-state index in [1.165, 1.54) is 12.8 Å². The van der Waals surface area contributed by atoms with Gasteiger partial charge in [-0.3, -0.25) is 4.68 Å². The molecule has 6 nitrogen and oxygen atoms in total. The van der Waals surface area contributed by atoms with Crippen LogP contribution in [0.25, 0.3) is 0 Å². The van der Waals surface area contributed by atoms with Crippen LogP contribution in [0.3, 0.4) is 0 Å². The molecule has 5 fully saturated rings. The first kappa shape index (κ1) is 19.7. The van der Waals surface area contributed by atoms with Crippen LogP contribution in [0.1, 0.15) is 61.0 Å². The summed E-state index contributed by atoms with van der Waals surface area (Å²) in [5.74, 6) is 0.673. The minimum atomic E-state index is -4.68. The molecule has 156 valence electrons. The molecule has 4 bridgehead atoms. The highest BCUT2D eigenvalue weighted by molar-refractivity contribution is 5.88. The summed E-state index contributed by atoms with van der Waals surface area (Å²) in [7, 11) is 0. The number of nitrogens with two attached hydrogens (primary N) is 1. The van der Waals surface area contributed by atoms with E-state index in [2.05, 4.69) is 5.10 Å². The minimum Gasteiger partial charge on any atom is -0.478 e. The van der Waals surface area contributed by atoms with Gasteiger partial charge in [0, 0.05) is 12.6 Å². The predicted octanol–water partition coefficient (Wildman–Crippen LogP) is 2.89. The van der Waals surface area contributed by atoms with Crippen molar-refractivity contribution in [2.24, 2.45) is 29.4 Å². The minimum absolute atomic E-state index is 0.141. The third kappa shape index (κ3) is 3.78. The molecule has 1 aromatic rings. The molecule has 6 rings (SSSR count). The molecule has 4 N–H and O–H groups in total. The van der Waals surface area contributed by atoms with Crippen molar-refractivity contribution >= 4 is 5.97 Å². The number of carbonyl (C=O) groups is 1. The molecule has 5 saturated carbocycles. The number of aromatic carboxylic acids is 1. The van der Waals surface area contributed by atoms with Crippen LogP contribution in [0.2, 0.25) is 0 Å². The summed E-state index contributed by atoms with van der Waals surface area (Å²) in [5.41, 5.74) is 3.87. The molecule has 0 aromatic carbocycles. The number of rotatable bonds is 3. The van der Waals surface area contributed by atoms with Gasteiger partial charge in [-0.05, 0) is 68.6 Å². The maximum absolute atomic E-state index is 12.6. The van der Waals surface area contributed by atoms with Crippen molar-refractivity contribution in [1.29, 1.82) is 0 Å². The maximum atomic E-state index is 12.6.